The summed E-state index contributed by atoms with van der Waals surface area (Å²) in [7, 11) is 1.96. The monoisotopic (exact) mass is 321 g/mol. The Morgan fingerprint density at radius 1 is 0.952 bits per heavy atom. The van der Waals surface area contributed by atoms with Gasteiger partial charge in [-0.3, -0.25) is 0 Å². The zero-order valence-electron chi connectivity index (χ0n) is 12.5. The summed E-state index contributed by atoms with van der Waals surface area (Å²) in [6, 6.07) is 14.7. The topological polar surface area (TPSA) is 12.0 Å². The fourth-order valence-corrected chi connectivity index (χ4v) is 2.78. The molecule has 0 spiro atoms. The summed E-state index contributed by atoms with van der Waals surface area (Å²) in [5.41, 5.74) is 3.74. The SMILES string of the molecule is CCCCc1ccc(C(NC)c2ccc(Cl)c(Cl)c2)cc1. The number of nitrogens with one attached hydrogen (secondary N) is 1. The Labute approximate surface area is 137 Å². The molecule has 0 aliphatic rings. The molecular weight excluding hydrogens is 301 g/mol. The number of aryl methyl sites for hydroxylation is 1. The minimum Gasteiger partial charge on any atom is -0.309 e. The standard InChI is InChI=1S/C18H21Cl2N/c1-3-4-5-13-6-8-14(9-7-13)18(21-2)15-10-11-16(19)17(20)12-15/h6-12,18,21H,3-5H2,1-2H3. The second-order valence-electron chi connectivity index (χ2n) is 5.24. The van der Waals surface area contributed by atoms with Crippen LogP contribution in [0, 0.1) is 0 Å². The van der Waals surface area contributed by atoms with E-state index in [4.69, 9.17) is 23.2 Å². The van der Waals surface area contributed by atoms with Crippen molar-refractivity contribution in [3.05, 3.63) is 69.2 Å². The van der Waals surface area contributed by atoms with Crippen molar-refractivity contribution in [2.75, 3.05) is 7.05 Å². The zero-order chi connectivity index (χ0) is 15.2. The van der Waals surface area contributed by atoms with E-state index >= 15 is 0 Å². The lowest BCUT2D eigenvalue weighted by Crippen LogP contribution is -2.17. The Balaban J connectivity index is 2.22. The Kier molecular flexibility index (Phi) is 6.10. The third-order valence-electron chi connectivity index (χ3n) is 3.70. The van der Waals surface area contributed by atoms with Gasteiger partial charge in [-0.2, -0.15) is 0 Å². The maximum Gasteiger partial charge on any atom is 0.0595 e. The van der Waals surface area contributed by atoms with Crippen LogP contribution < -0.4 is 5.32 Å². The minimum atomic E-state index is 0.125. The number of hydrogen-bond donors (Lipinski definition) is 1. The Bertz CT molecular complexity index is 578. The predicted molar refractivity (Wildman–Crippen MR) is 92.4 cm³/mol. The average Bonchev–Trinajstić information content (AvgIpc) is 2.50. The number of benzene rings is 2. The summed E-state index contributed by atoms with van der Waals surface area (Å²) < 4.78 is 0. The van der Waals surface area contributed by atoms with Crippen molar-refractivity contribution in [3.63, 3.8) is 0 Å². The van der Waals surface area contributed by atoms with E-state index in [9.17, 15) is 0 Å². The molecule has 0 aromatic heterocycles. The third-order valence-corrected chi connectivity index (χ3v) is 4.44. The average molecular weight is 322 g/mol. The minimum absolute atomic E-state index is 0.125. The van der Waals surface area contributed by atoms with Crippen LogP contribution in [0.2, 0.25) is 10.0 Å². The second kappa shape index (κ2) is 7.84. The normalized spacial score (nSPS) is 12.4. The van der Waals surface area contributed by atoms with Gasteiger partial charge in [0.1, 0.15) is 0 Å². The van der Waals surface area contributed by atoms with E-state index in [2.05, 4.69) is 36.5 Å². The highest BCUT2D eigenvalue weighted by Gasteiger charge is 2.13. The summed E-state index contributed by atoms with van der Waals surface area (Å²) in [5.74, 6) is 0. The first-order valence-corrected chi connectivity index (χ1v) is 8.12. The van der Waals surface area contributed by atoms with Crippen LogP contribution >= 0.6 is 23.2 Å². The van der Waals surface area contributed by atoms with Crippen molar-refractivity contribution in [1.82, 2.24) is 5.32 Å². The van der Waals surface area contributed by atoms with Crippen molar-refractivity contribution in [3.8, 4) is 0 Å². The van der Waals surface area contributed by atoms with Crippen LogP contribution in [-0.4, -0.2) is 7.05 Å². The van der Waals surface area contributed by atoms with Crippen LogP contribution in [0.5, 0.6) is 0 Å². The van der Waals surface area contributed by atoms with E-state index in [0.717, 1.165) is 12.0 Å². The van der Waals surface area contributed by atoms with Crippen molar-refractivity contribution >= 4 is 23.2 Å². The molecular formula is C18H21Cl2N. The van der Waals surface area contributed by atoms with E-state index in [1.54, 1.807) is 0 Å². The van der Waals surface area contributed by atoms with Gasteiger partial charge >= 0.3 is 0 Å². The molecule has 0 aliphatic heterocycles. The van der Waals surface area contributed by atoms with Gasteiger partial charge in [-0.15, -0.1) is 0 Å². The summed E-state index contributed by atoms with van der Waals surface area (Å²) in [5, 5.41) is 4.52. The molecule has 21 heavy (non-hydrogen) atoms. The van der Waals surface area contributed by atoms with E-state index in [0.29, 0.717) is 10.0 Å². The molecule has 3 heteroatoms. The fourth-order valence-electron chi connectivity index (χ4n) is 2.48. The Morgan fingerprint density at radius 2 is 1.62 bits per heavy atom. The summed E-state index contributed by atoms with van der Waals surface area (Å²) in [6.45, 7) is 2.22. The van der Waals surface area contributed by atoms with Gasteiger partial charge in [0.2, 0.25) is 0 Å². The second-order valence-corrected chi connectivity index (χ2v) is 6.05. The van der Waals surface area contributed by atoms with Crippen LogP contribution in [0.25, 0.3) is 0 Å². The quantitative estimate of drug-likeness (QED) is 0.725. The van der Waals surface area contributed by atoms with Crippen LogP contribution in [0.4, 0.5) is 0 Å². The Hall–Kier alpha value is -1.02. The summed E-state index contributed by atoms with van der Waals surface area (Å²) in [6.07, 6.45) is 3.61. The molecule has 2 rings (SSSR count). The lowest BCUT2D eigenvalue weighted by molar-refractivity contribution is 0.691. The molecule has 0 amide bonds. The number of hydrogen-bond acceptors (Lipinski definition) is 1. The molecule has 1 unspecified atom stereocenters. The molecule has 0 saturated heterocycles. The molecule has 2 aromatic rings. The molecule has 0 heterocycles. The molecule has 0 bridgehead atoms. The van der Waals surface area contributed by atoms with Crippen molar-refractivity contribution in [1.29, 1.82) is 0 Å². The molecule has 0 aliphatic carbocycles. The highest BCUT2D eigenvalue weighted by molar-refractivity contribution is 6.42. The molecule has 0 radical (unpaired) electrons. The van der Waals surface area contributed by atoms with Gasteiger partial charge in [0.05, 0.1) is 16.1 Å². The summed E-state index contributed by atoms with van der Waals surface area (Å²) in [4.78, 5) is 0. The molecule has 1 nitrogen and oxygen atoms in total. The van der Waals surface area contributed by atoms with Gasteiger partial charge in [-0.05, 0) is 48.7 Å². The molecule has 112 valence electrons. The van der Waals surface area contributed by atoms with Crippen molar-refractivity contribution < 1.29 is 0 Å². The predicted octanol–water partition coefficient (Wildman–Crippen LogP) is 5.64. The molecule has 1 N–H and O–H groups in total. The third kappa shape index (κ3) is 4.23. The Morgan fingerprint density at radius 3 is 2.19 bits per heavy atom. The zero-order valence-corrected chi connectivity index (χ0v) is 14.0. The molecule has 0 saturated carbocycles. The summed E-state index contributed by atoms with van der Waals surface area (Å²) >= 11 is 12.1. The van der Waals surface area contributed by atoms with Crippen LogP contribution in [0.3, 0.4) is 0 Å². The number of halogens is 2. The largest absolute Gasteiger partial charge is 0.309 e. The highest BCUT2D eigenvalue weighted by atomic mass is 35.5. The first kappa shape index (κ1) is 16.4. The lowest BCUT2D eigenvalue weighted by atomic mass is 9.97. The van der Waals surface area contributed by atoms with Gasteiger partial charge in [-0.25, -0.2) is 0 Å². The number of unbranched alkanes of at least 4 members (excludes halogenated alkanes) is 1. The van der Waals surface area contributed by atoms with Gasteiger partial charge < -0.3 is 5.32 Å². The molecule has 1 atom stereocenters. The van der Waals surface area contributed by atoms with Gasteiger partial charge in [0.25, 0.3) is 0 Å². The van der Waals surface area contributed by atoms with Crippen molar-refractivity contribution in [2.24, 2.45) is 0 Å². The van der Waals surface area contributed by atoms with E-state index in [-0.39, 0.29) is 6.04 Å². The van der Waals surface area contributed by atoms with Gasteiger partial charge in [0.15, 0.2) is 0 Å². The number of rotatable bonds is 6. The smallest absolute Gasteiger partial charge is 0.0595 e. The van der Waals surface area contributed by atoms with E-state index in [1.165, 1.54) is 24.0 Å². The van der Waals surface area contributed by atoms with E-state index in [1.807, 2.05) is 25.2 Å². The molecule has 2 aromatic carbocycles. The fraction of sp³-hybridized carbons (Fsp3) is 0.333. The first-order valence-electron chi connectivity index (χ1n) is 7.36. The van der Waals surface area contributed by atoms with Gasteiger partial charge in [0, 0.05) is 0 Å². The first-order chi connectivity index (χ1) is 10.2. The van der Waals surface area contributed by atoms with Gasteiger partial charge in [-0.1, -0.05) is 66.9 Å². The lowest BCUT2D eigenvalue weighted by Gasteiger charge is -2.18. The van der Waals surface area contributed by atoms with Crippen molar-refractivity contribution in [2.45, 2.75) is 32.2 Å². The van der Waals surface area contributed by atoms with Crippen LogP contribution in [0.15, 0.2) is 42.5 Å². The maximum absolute atomic E-state index is 6.13. The van der Waals surface area contributed by atoms with Crippen LogP contribution in [-0.2, 0) is 6.42 Å². The molecule has 0 fully saturated rings. The van der Waals surface area contributed by atoms with Crippen LogP contribution in [0.1, 0.15) is 42.5 Å². The van der Waals surface area contributed by atoms with E-state index < -0.39 is 0 Å². The highest BCUT2D eigenvalue weighted by Crippen LogP contribution is 2.29. The maximum atomic E-state index is 6.13.